The molecule has 0 spiro atoms. The lowest BCUT2D eigenvalue weighted by molar-refractivity contribution is -0.137. The molecule has 1 aromatic carbocycles. The number of aliphatic carboxylic acids is 1. The van der Waals surface area contributed by atoms with Gasteiger partial charge in [0.25, 0.3) is 5.91 Å². The van der Waals surface area contributed by atoms with Gasteiger partial charge in [0, 0.05) is 38.0 Å². The number of carbonyl (C=O) groups is 3. The average Bonchev–Trinajstić information content (AvgIpc) is 2.58. The van der Waals surface area contributed by atoms with E-state index in [1.54, 1.807) is 17.0 Å². The first-order valence-corrected chi connectivity index (χ1v) is 8.34. The first-order valence-electron chi connectivity index (χ1n) is 8.34. The standard InChI is InChI=1S/C18H26N2O4/c1-3-20(4-2)18(24)15-11-9-14(10-12-15)13-19-16(21)7-5-6-8-17(22)23/h9-12H,3-8,13H2,1-2H3,(H,19,21)(H,22,23). The van der Waals surface area contributed by atoms with Crippen molar-refractivity contribution >= 4 is 17.8 Å². The minimum Gasteiger partial charge on any atom is -0.481 e. The molecule has 6 nitrogen and oxygen atoms in total. The zero-order valence-corrected chi connectivity index (χ0v) is 14.4. The molecule has 0 saturated heterocycles. The van der Waals surface area contributed by atoms with Crippen LogP contribution in [0.4, 0.5) is 0 Å². The molecule has 0 saturated carbocycles. The van der Waals surface area contributed by atoms with Crippen LogP contribution in [-0.4, -0.2) is 40.9 Å². The van der Waals surface area contributed by atoms with Crippen LogP contribution in [0.3, 0.4) is 0 Å². The number of hydrogen-bond acceptors (Lipinski definition) is 3. The molecule has 0 aliphatic rings. The number of amides is 2. The van der Waals surface area contributed by atoms with Crippen LogP contribution in [0.15, 0.2) is 24.3 Å². The summed E-state index contributed by atoms with van der Waals surface area (Å²) < 4.78 is 0. The van der Waals surface area contributed by atoms with E-state index in [0.717, 1.165) is 5.56 Å². The van der Waals surface area contributed by atoms with Gasteiger partial charge in [0.1, 0.15) is 0 Å². The van der Waals surface area contributed by atoms with Gasteiger partial charge in [-0.2, -0.15) is 0 Å². The summed E-state index contributed by atoms with van der Waals surface area (Å²) in [5, 5.41) is 11.3. The third kappa shape index (κ3) is 6.81. The van der Waals surface area contributed by atoms with Crippen molar-refractivity contribution < 1.29 is 19.5 Å². The number of nitrogens with zero attached hydrogens (tertiary/aromatic N) is 1. The molecule has 0 unspecified atom stereocenters. The molecule has 132 valence electrons. The van der Waals surface area contributed by atoms with Crippen LogP contribution in [0.2, 0.25) is 0 Å². The van der Waals surface area contributed by atoms with Crippen molar-refractivity contribution in [3.8, 4) is 0 Å². The van der Waals surface area contributed by atoms with Crippen LogP contribution in [0.5, 0.6) is 0 Å². The number of nitrogens with one attached hydrogen (secondary N) is 1. The largest absolute Gasteiger partial charge is 0.481 e. The summed E-state index contributed by atoms with van der Waals surface area (Å²) in [6.45, 7) is 5.64. The fourth-order valence-corrected chi connectivity index (χ4v) is 2.31. The Labute approximate surface area is 142 Å². The quantitative estimate of drug-likeness (QED) is 0.643. The Morgan fingerprint density at radius 1 is 1.00 bits per heavy atom. The number of carboxylic acids is 1. The van der Waals surface area contributed by atoms with Crippen LogP contribution in [0.1, 0.15) is 55.5 Å². The summed E-state index contributed by atoms with van der Waals surface area (Å²) in [5.74, 6) is -0.924. The number of benzene rings is 1. The second kappa shape index (κ2) is 10.4. The van der Waals surface area contributed by atoms with Gasteiger partial charge in [0.15, 0.2) is 0 Å². The van der Waals surface area contributed by atoms with E-state index in [4.69, 9.17) is 5.11 Å². The zero-order valence-electron chi connectivity index (χ0n) is 14.4. The monoisotopic (exact) mass is 334 g/mol. The molecular weight excluding hydrogens is 308 g/mol. The number of carbonyl (C=O) groups excluding carboxylic acids is 2. The van der Waals surface area contributed by atoms with E-state index < -0.39 is 5.97 Å². The molecule has 0 aliphatic heterocycles. The van der Waals surface area contributed by atoms with Crippen molar-refractivity contribution in [2.45, 2.75) is 46.1 Å². The normalized spacial score (nSPS) is 10.2. The third-order valence-electron chi connectivity index (χ3n) is 3.79. The lowest BCUT2D eigenvalue weighted by atomic mass is 10.1. The Balaban J connectivity index is 2.40. The van der Waals surface area contributed by atoms with Gasteiger partial charge in [0.2, 0.25) is 5.91 Å². The Morgan fingerprint density at radius 3 is 2.12 bits per heavy atom. The van der Waals surface area contributed by atoms with E-state index in [1.807, 2.05) is 26.0 Å². The second-order valence-corrected chi connectivity index (χ2v) is 5.55. The summed E-state index contributed by atoms with van der Waals surface area (Å²) in [6.07, 6.45) is 1.49. The summed E-state index contributed by atoms with van der Waals surface area (Å²) in [6, 6.07) is 7.22. The summed E-state index contributed by atoms with van der Waals surface area (Å²) in [5.41, 5.74) is 1.56. The molecule has 0 heterocycles. The summed E-state index contributed by atoms with van der Waals surface area (Å²) in [7, 11) is 0. The van der Waals surface area contributed by atoms with Crippen LogP contribution in [0, 0.1) is 0 Å². The van der Waals surface area contributed by atoms with E-state index >= 15 is 0 Å². The van der Waals surface area contributed by atoms with E-state index in [2.05, 4.69) is 5.32 Å². The van der Waals surface area contributed by atoms with Crippen LogP contribution < -0.4 is 5.32 Å². The summed E-state index contributed by atoms with van der Waals surface area (Å²) >= 11 is 0. The molecule has 2 amide bonds. The van der Waals surface area contributed by atoms with Crippen LogP contribution in [0.25, 0.3) is 0 Å². The Morgan fingerprint density at radius 2 is 1.58 bits per heavy atom. The SMILES string of the molecule is CCN(CC)C(=O)c1ccc(CNC(=O)CCCCC(=O)O)cc1. The lowest BCUT2D eigenvalue weighted by Gasteiger charge is -2.18. The van der Waals surface area contributed by atoms with Crippen molar-refractivity contribution in [3.05, 3.63) is 35.4 Å². The Bertz CT molecular complexity index is 551. The van der Waals surface area contributed by atoms with Gasteiger partial charge in [-0.1, -0.05) is 12.1 Å². The highest BCUT2D eigenvalue weighted by Gasteiger charge is 2.12. The predicted molar refractivity (Wildman–Crippen MR) is 91.6 cm³/mol. The van der Waals surface area contributed by atoms with Gasteiger partial charge in [-0.3, -0.25) is 14.4 Å². The smallest absolute Gasteiger partial charge is 0.303 e. The predicted octanol–water partition coefficient (Wildman–Crippen LogP) is 2.43. The van der Waals surface area contributed by atoms with Gasteiger partial charge < -0.3 is 15.3 Å². The molecule has 24 heavy (non-hydrogen) atoms. The molecule has 0 aliphatic carbocycles. The third-order valence-corrected chi connectivity index (χ3v) is 3.79. The van der Waals surface area contributed by atoms with Crippen molar-refractivity contribution in [2.24, 2.45) is 0 Å². The van der Waals surface area contributed by atoms with E-state index in [9.17, 15) is 14.4 Å². The Kier molecular flexibility index (Phi) is 8.54. The molecular formula is C18H26N2O4. The molecule has 0 radical (unpaired) electrons. The highest BCUT2D eigenvalue weighted by atomic mass is 16.4. The number of rotatable bonds is 10. The first kappa shape index (κ1) is 19.7. The lowest BCUT2D eigenvalue weighted by Crippen LogP contribution is -2.30. The first-order chi connectivity index (χ1) is 11.5. The second-order valence-electron chi connectivity index (χ2n) is 5.55. The molecule has 1 aromatic rings. The van der Waals surface area contributed by atoms with Crippen LogP contribution in [-0.2, 0) is 16.1 Å². The summed E-state index contributed by atoms with van der Waals surface area (Å²) in [4.78, 5) is 36.0. The maximum atomic E-state index is 12.2. The van der Waals surface area contributed by atoms with Gasteiger partial charge in [0.05, 0.1) is 0 Å². The minimum atomic E-state index is -0.838. The molecule has 2 N–H and O–H groups in total. The van der Waals surface area contributed by atoms with Crippen LogP contribution >= 0.6 is 0 Å². The Hall–Kier alpha value is -2.37. The van der Waals surface area contributed by atoms with E-state index in [-0.39, 0.29) is 18.2 Å². The fourth-order valence-electron chi connectivity index (χ4n) is 2.31. The molecule has 1 rings (SSSR count). The highest BCUT2D eigenvalue weighted by Crippen LogP contribution is 2.08. The van der Waals surface area contributed by atoms with E-state index in [1.165, 1.54) is 0 Å². The number of carboxylic acid groups (broad SMARTS) is 1. The maximum Gasteiger partial charge on any atom is 0.303 e. The van der Waals surface area contributed by atoms with Gasteiger partial charge in [-0.25, -0.2) is 0 Å². The number of hydrogen-bond donors (Lipinski definition) is 2. The van der Waals surface area contributed by atoms with E-state index in [0.29, 0.717) is 44.5 Å². The maximum absolute atomic E-state index is 12.2. The van der Waals surface area contributed by atoms with Gasteiger partial charge in [-0.05, 0) is 44.4 Å². The topological polar surface area (TPSA) is 86.7 Å². The number of unbranched alkanes of at least 4 members (excludes halogenated alkanes) is 1. The fraction of sp³-hybridized carbons (Fsp3) is 0.500. The van der Waals surface area contributed by atoms with Gasteiger partial charge in [-0.15, -0.1) is 0 Å². The van der Waals surface area contributed by atoms with Crippen molar-refractivity contribution in [1.29, 1.82) is 0 Å². The molecule has 0 atom stereocenters. The molecule has 0 aromatic heterocycles. The minimum absolute atomic E-state index is 0.00835. The molecule has 6 heteroatoms. The van der Waals surface area contributed by atoms with Crippen molar-refractivity contribution in [3.63, 3.8) is 0 Å². The molecule has 0 bridgehead atoms. The zero-order chi connectivity index (χ0) is 17.9. The van der Waals surface area contributed by atoms with Crippen molar-refractivity contribution in [1.82, 2.24) is 10.2 Å². The molecule has 0 fully saturated rings. The highest BCUT2D eigenvalue weighted by molar-refractivity contribution is 5.94. The van der Waals surface area contributed by atoms with Gasteiger partial charge >= 0.3 is 5.97 Å². The average molecular weight is 334 g/mol. The van der Waals surface area contributed by atoms with Crippen molar-refractivity contribution in [2.75, 3.05) is 13.1 Å².